The largest absolute Gasteiger partial charge is 0.454 e. The van der Waals surface area contributed by atoms with Gasteiger partial charge in [-0.15, -0.1) is 0 Å². The Balaban J connectivity index is 1.40. The zero-order chi connectivity index (χ0) is 18.1. The number of hydrogen-bond acceptors (Lipinski definition) is 5. The SMILES string of the molecule is Cc1cccnc1NC(=O)C1CC(=O)N(Cc2ccc3c(c2)OCO3)C1. The van der Waals surface area contributed by atoms with Crippen LogP contribution in [0.15, 0.2) is 36.5 Å². The molecule has 2 aliphatic heterocycles. The maximum Gasteiger partial charge on any atom is 0.231 e. The van der Waals surface area contributed by atoms with Crippen molar-refractivity contribution in [1.82, 2.24) is 9.88 Å². The van der Waals surface area contributed by atoms with Crippen molar-refractivity contribution in [1.29, 1.82) is 0 Å². The molecule has 1 fully saturated rings. The first kappa shape index (κ1) is 16.4. The monoisotopic (exact) mass is 353 g/mol. The Kier molecular flexibility index (Phi) is 4.20. The summed E-state index contributed by atoms with van der Waals surface area (Å²) in [6, 6.07) is 9.32. The van der Waals surface area contributed by atoms with Gasteiger partial charge in [0, 0.05) is 25.7 Å². The quantitative estimate of drug-likeness (QED) is 0.910. The third-order valence-electron chi connectivity index (χ3n) is 4.65. The van der Waals surface area contributed by atoms with Crippen LogP contribution in [-0.2, 0) is 16.1 Å². The molecule has 134 valence electrons. The number of benzene rings is 1. The number of pyridine rings is 1. The lowest BCUT2D eigenvalue weighted by atomic mass is 10.1. The summed E-state index contributed by atoms with van der Waals surface area (Å²) in [5.74, 6) is 1.37. The molecule has 0 aliphatic carbocycles. The van der Waals surface area contributed by atoms with E-state index in [9.17, 15) is 9.59 Å². The van der Waals surface area contributed by atoms with E-state index >= 15 is 0 Å². The normalized spacial score (nSPS) is 18.3. The summed E-state index contributed by atoms with van der Waals surface area (Å²) in [5.41, 5.74) is 1.84. The third kappa shape index (κ3) is 3.20. The summed E-state index contributed by atoms with van der Waals surface area (Å²) in [6.45, 7) is 2.94. The topological polar surface area (TPSA) is 80.8 Å². The van der Waals surface area contributed by atoms with Crippen LogP contribution in [0, 0.1) is 12.8 Å². The lowest BCUT2D eigenvalue weighted by Gasteiger charge is -2.17. The Morgan fingerprint density at radius 3 is 3.00 bits per heavy atom. The predicted molar refractivity (Wildman–Crippen MR) is 93.7 cm³/mol. The van der Waals surface area contributed by atoms with Gasteiger partial charge in [0.15, 0.2) is 11.5 Å². The van der Waals surface area contributed by atoms with Crippen LogP contribution in [0.3, 0.4) is 0 Å². The molecule has 1 N–H and O–H groups in total. The molecule has 2 amide bonds. The van der Waals surface area contributed by atoms with E-state index < -0.39 is 0 Å². The highest BCUT2D eigenvalue weighted by Gasteiger charge is 2.34. The maximum atomic E-state index is 12.5. The molecule has 7 nitrogen and oxygen atoms in total. The molecule has 1 aromatic heterocycles. The molecule has 7 heteroatoms. The molecule has 1 saturated heterocycles. The van der Waals surface area contributed by atoms with Gasteiger partial charge in [0.2, 0.25) is 18.6 Å². The van der Waals surface area contributed by atoms with Crippen LogP contribution in [0.2, 0.25) is 0 Å². The fourth-order valence-electron chi connectivity index (χ4n) is 3.20. The van der Waals surface area contributed by atoms with Gasteiger partial charge in [-0.3, -0.25) is 9.59 Å². The molecule has 1 atom stereocenters. The summed E-state index contributed by atoms with van der Waals surface area (Å²) in [4.78, 5) is 30.7. The zero-order valence-corrected chi connectivity index (χ0v) is 14.4. The number of carbonyl (C=O) groups is 2. The van der Waals surface area contributed by atoms with Crippen molar-refractivity contribution >= 4 is 17.6 Å². The van der Waals surface area contributed by atoms with Crippen LogP contribution in [0.4, 0.5) is 5.82 Å². The van der Waals surface area contributed by atoms with Crippen molar-refractivity contribution in [2.24, 2.45) is 5.92 Å². The number of aryl methyl sites for hydroxylation is 1. The number of ether oxygens (including phenoxy) is 2. The highest BCUT2D eigenvalue weighted by molar-refractivity contribution is 5.97. The second kappa shape index (κ2) is 6.67. The number of amides is 2. The van der Waals surface area contributed by atoms with Gasteiger partial charge in [0.25, 0.3) is 0 Å². The second-order valence-corrected chi connectivity index (χ2v) is 6.52. The summed E-state index contributed by atoms with van der Waals surface area (Å²) < 4.78 is 10.7. The predicted octanol–water partition coefficient (Wildman–Crippen LogP) is 2.11. The highest BCUT2D eigenvalue weighted by atomic mass is 16.7. The summed E-state index contributed by atoms with van der Waals surface area (Å²) in [6.07, 6.45) is 1.84. The second-order valence-electron chi connectivity index (χ2n) is 6.52. The molecule has 2 aliphatic rings. The van der Waals surface area contributed by atoms with E-state index in [0.717, 1.165) is 11.1 Å². The number of anilines is 1. The first-order valence-corrected chi connectivity index (χ1v) is 8.49. The molecule has 0 radical (unpaired) electrons. The minimum Gasteiger partial charge on any atom is -0.454 e. The van der Waals surface area contributed by atoms with E-state index in [4.69, 9.17) is 9.47 Å². The molecular formula is C19H19N3O4. The van der Waals surface area contributed by atoms with E-state index in [1.165, 1.54) is 0 Å². The van der Waals surface area contributed by atoms with Gasteiger partial charge in [-0.05, 0) is 36.2 Å². The fourth-order valence-corrected chi connectivity index (χ4v) is 3.20. The van der Waals surface area contributed by atoms with Gasteiger partial charge in [-0.1, -0.05) is 12.1 Å². The average molecular weight is 353 g/mol. The molecule has 0 bridgehead atoms. The van der Waals surface area contributed by atoms with Crippen LogP contribution >= 0.6 is 0 Å². The molecule has 4 rings (SSSR count). The van der Waals surface area contributed by atoms with Crippen LogP contribution in [0.1, 0.15) is 17.5 Å². The van der Waals surface area contributed by atoms with Gasteiger partial charge in [0.05, 0.1) is 5.92 Å². The van der Waals surface area contributed by atoms with E-state index in [-0.39, 0.29) is 30.9 Å². The van der Waals surface area contributed by atoms with Crippen LogP contribution < -0.4 is 14.8 Å². The third-order valence-corrected chi connectivity index (χ3v) is 4.65. The molecule has 0 spiro atoms. The van der Waals surface area contributed by atoms with Crippen LogP contribution in [-0.4, -0.2) is 35.0 Å². The first-order valence-electron chi connectivity index (χ1n) is 8.49. The summed E-state index contributed by atoms with van der Waals surface area (Å²) in [5, 5.41) is 2.83. The molecular weight excluding hydrogens is 334 g/mol. The Morgan fingerprint density at radius 2 is 2.15 bits per heavy atom. The maximum absolute atomic E-state index is 12.5. The zero-order valence-electron chi connectivity index (χ0n) is 14.4. The van der Waals surface area contributed by atoms with Crippen LogP contribution in [0.5, 0.6) is 11.5 Å². The highest BCUT2D eigenvalue weighted by Crippen LogP contribution is 2.33. The van der Waals surface area contributed by atoms with E-state index in [1.807, 2.05) is 37.3 Å². The minimum atomic E-state index is -0.377. The Morgan fingerprint density at radius 1 is 1.31 bits per heavy atom. The van der Waals surface area contributed by atoms with Crippen molar-refractivity contribution in [2.75, 3.05) is 18.7 Å². The van der Waals surface area contributed by atoms with Gasteiger partial charge in [0.1, 0.15) is 5.82 Å². The van der Waals surface area contributed by atoms with E-state index in [2.05, 4.69) is 10.3 Å². The number of fused-ring (bicyclic) bond motifs is 1. The molecule has 3 heterocycles. The molecule has 2 aromatic rings. The van der Waals surface area contributed by atoms with Gasteiger partial charge in [-0.25, -0.2) is 4.98 Å². The Bertz CT molecular complexity index is 868. The minimum absolute atomic E-state index is 0.0273. The van der Waals surface area contributed by atoms with E-state index in [1.54, 1.807) is 11.1 Å². The standard InChI is InChI=1S/C19H19N3O4/c1-12-3-2-6-20-18(12)21-19(24)14-8-17(23)22(10-14)9-13-4-5-15-16(7-13)26-11-25-15/h2-7,14H,8-11H2,1H3,(H,20,21,24). The van der Waals surface area contributed by atoms with Gasteiger partial charge < -0.3 is 19.7 Å². The van der Waals surface area contributed by atoms with Crippen LogP contribution in [0.25, 0.3) is 0 Å². The van der Waals surface area contributed by atoms with Crippen molar-refractivity contribution in [2.45, 2.75) is 19.9 Å². The molecule has 26 heavy (non-hydrogen) atoms. The number of rotatable bonds is 4. The van der Waals surface area contributed by atoms with Crippen molar-refractivity contribution in [3.63, 3.8) is 0 Å². The van der Waals surface area contributed by atoms with Crippen molar-refractivity contribution in [3.8, 4) is 11.5 Å². The summed E-state index contributed by atoms with van der Waals surface area (Å²) >= 11 is 0. The van der Waals surface area contributed by atoms with Gasteiger partial charge >= 0.3 is 0 Å². The Labute approximate surface area is 150 Å². The average Bonchev–Trinajstić information content (AvgIpc) is 3.23. The summed E-state index contributed by atoms with van der Waals surface area (Å²) in [7, 11) is 0. The molecule has 1 unspecified atom stereocenters. The lowest BCUT2D eigenvalue weighted by molar-refractivity contribution is -0.128. The smallest absolute Gasteiger partial charge is 0.231 e. The number of hydrogen-bond donors (Lipinski definition) is 1. The number of aromatic nitrogens is 1. The number of nitrogens with zero attached hydrogens (tertiary/aromatic N) is 2. The van der Waals surface area contributed by atoms with Gasteiger partial charge in [-0.2, -0.15) is 0 Å². The Hall–Kier alpha value is -3.09. The number of nitrogens with one attached hydrogen (secondary N) is 1. The number of carbonyl (C=O) groups excluding carboxylic acids is 2. The molecule has 1 aromatic carbocycles. The first-order chi connectivity index (χ1) is 12.6. The van der Waals surface area contributed by atoms with Crippen molar-refractivity contribution < 1.29 is 19.1 Å². The van der Waals surface area contributed by atoms with E-state index in [0.29, 0.717) is 30.4 Å². The lowest BCUT2D eigenvalue weighted by Crippen LogP contribution is -2.28. The molecule has 0 saturated carbocycles. The fraction of sp³-hybridized carbons (Fsp3) is 0.316. The number of likely N-dealkylation sites (tertiary alicyclic amines) is 1. The van der Waals surface area contributed by atoms with Crippen molar-refractivity contribution in [3.05, 3.63) is 47.7 Å².